The predicted molar refractivity (Wildman–Crippen MR) is 132 cm³/mol. The van der Waals surface area contributed by atoms with Crippen LogP contribution in [0, 0.1) is 40.4 Å². The molecular formula is C29H52O. The van der Waals surface area contributed by atoms with Crippen LogP contribution in [0.4, 0.5) is 0 Å². The van der Waals surface area contributed by atoms with Gasteiger partial charge in [-0.05, 0) is 86.4 Å². The normalized spacial score (nSPS) is 42.2. The molecule has 7 atom stereocenters. The number of ketones is 1. The van der Waals surface area contributed by atoms with Crippen LogP contribution in [0.5, 0.6) is 0 Å². The zero-order chi connectivity index (χ0) is 22.4. The van der Waals surface area contributed by atoms with Gasteiger partial charge in [-0.1, -0.05) is 79.4 Å². The fourth-order valence-electron chi connectivity index (χ4n) is 7.89. The second-order valence-electron chi connectivity index (χ2n) is 11.4. The van der Waals surface area contributed by atoms with Gasteiger partial charge < -0.3 is 0 Å². The number of carbonyl (C=O) groups excluding carboxylic acids is 1. The summed E-state index contributed by atoms with van der Waals surface area (Å²) in [6.07, 6.45) is 20.0. The molecule has 0 bridgehead atoms. The van der Waals surface area contributed by atoms with Gasteiger partial charge in [-0.25, -0.2) is 0 Å². The standard InChI is InChI=1S/C23H36O.2C3H8/c1-4-5-8-16-10-11-18-17-15-21(24)20-9-6-7-13-23(20,3)19(17)12-14-22(16,18)2;2*1-3-2/h4-5,16-20H,6-15H2,1-3H3;2*3H2,1-2H3/b5-4+;;. The van der Waals surface area contributed by atoms with E-state index >= 15 is 0 Å². The van der Waals surface area contributed by atoms with Crippen LogP contribution in [-0.2, 0) is 4.79 Å². The number of rotatable bonds is 2. The Morgan fingerprint density at radius 2 is 1.50 bits per heavy atom. The van der Waals surface area contributed by atoms with Gasteiger partial charge in [-0.15, -0.1) is 0 Å². The predicted octanol–water partition coefficient (Wildman–Crippen LogP) is 9.01. The molecule has 0 aromatic heterocycles. The van der Waals surface area contributed by atoms with Crippen molar-refractivity contribution in [2.24, 2.45) is 40.4 Å². The van der Waals surface area contributed by atoms with E-state index in [1.807, 2.05) is 0 Å². The minimum absolute atomic E-state index is 0.334. The number of carbonyl (C=O) groups is 1. The van der Waals surface area contributed by atoms with Crippen LogP contribution < -0.4 is 0 Å². The zero-order valence-corrected chi connectivity index (χ0v) is 21.4. The molecule has 0 amide bonds. The molecule has 0 N–H and O–H groups in total. The van der Waals surface area contributed by atoms with Crippen LogP contribution in [0.25, 0.3) is 0 Å². The average Bonchev–Trinajstić information content (AvgIpc) is 3.04. The van der Waals surface area contributed by atoms with Crippen LogP contribution in [0.3, 0.4) is 0 Å². The number of allylic oxidation sites excluding steroid dienone is 2. The highest BCUT2D eigenvalue weighted by Crippen LogP contribution is 2.67. The Hall–Kier alpha value is -0.590. The first-order chi connectivity index (χ1) is 14.3. The van der Waals surface area contributed by atoms with E-state index in [1.54, 1.807) is 0 Å². The summed E-state index contributed by atoms with van der Waals surface area (Å²) in [5, 5.41) is 0. The van der Waals surface area contributed by atoms with Gasteiger partial charge in [0, 0.05) is 12.3 Å². The summed E-state index contributed by atoms with van der Waals surface area (Å²) in [5.41, 5.74) is 0.833. The van der Waals surface area contributed by atoms with E-state index in [0.717, 1.165) is 24.2 Å². The summed E-state index contributed by atoms with van der Waals surface area (Å²) in [6, 6.07) is 0. The second kappa shape index (κ2) is 11.3. The summed E-state index contributed by atoms with van der Waals surface area (Å²) in [7, 11) is 0. The van der Waals surface area contributed by atoms with Crippen LogP contribution in [-0.4, -0.2) is 5.78 Å². The lowest BCUT2D eigenvalue weighted by atomic mass is 9.44. The first-order valence-electron chi connectivity index (χ1n) is 13.5. The van der Waals surface area contributed by atoms with Crippen molar-refractivity contribution < 1.29 is 4.79 Å². The van der Waals surface area contributed by atoms with Crippen molar-refractivity contribution in [1.29, 1.82) is 0 Å². The number of hydrogen-bond acceptors (Lipinski definition) is 1. The zero-order valence-electron chi connectivity index (χ0n) is 21.4. The molecule has 1 heteroatoms. The first kappa shape index (κ1) is 25.7. The Balaban J connectivity index is 0.000000480. The van der Waals surface area contributed by atoms with Crippen molar-refractivity contribution in [2.45, 2.75) is 126 Å². The van der Waals surface area contributed by atoms with E-state index in [4.69, 9.17) is 0 Å². The topological polar surface area (TPSA) is 17.1 Å². The molecule has 0 spiro atoms. The van der Waals surface area contributed by atoms with E-state index in [2.05, 4.69) is 60.6 Å². The lowest BCUT2D eigenvalue weighted by molar-refractivity contribution is -0.153. The molecule has 1 nitrogen and oxygen atoms in total. The third-order valence-electron chi connectivity index (χ3n) is 9.22. The lowest BCUT2D eigenvalue weighted by Crippen LogP contribution is -2.55. The van der Waals surface area contributed by atoms with E-state index in [0.29, 0.717) is 28.4 Å². The van der Waals surface area contributed by atoms with Crippen molar-refractivity contribution in [1.82, 2.24) is 0 Å². The van der Waals surface area contributed by atoms with E-state index in [9.17, 15) is 4.79 Å². The summed E-state index contributed by atoms with van der Waals surface area (Å²) in [6.45, 7) is 15.7. The van der Waals surface area contributed by atoms with Crippen LogP contribution >= 0.6 is 0 Å². The third kappa shape index (κ3) is 4.91. The van der Waals surface area contributed by atoms with Crippen molar-refractivity contribution in [3.8, 4) is 0 Å². The molecule has 4 fully saturated rings. The monoisotopic (exact) mass is 416 g/mol. The SMILES string of the molecule is C/C=C/CC1CCC2C3CC(=O)C4CCCCC4(C)C3CCC12C.CCC.CCC. The molecule has 30 heavy (non-hydrogen) atoms. The largest absolute Gasteiger partial charge is 0.299 e. The molecular weight excluding hydrogens is 364 g/mol. The van der Waals surface area contributed by atoms with E-state index < -0.39 is 0 Å². The van der Waals surface area contributed by atoms with Crippen molar-refractivity contribution in [2.75, 3.05) is 0 Å². The summed E-state index contributed by atoms with van der Waals surface area (Å²) < 4.78 is 0. The highest BCUT2D eigenvalue weighted by atomic mass is 16.1. The van der Waals surface area contributed by atoms with Crippen LogP contribution in [0.1, 0.15) is 126 Å². The fourth-order valence-corrected chi connectivity index (χ4v) is 7.89. The van der Waals surface area contributed by atoms with Crippen LogP contribution in [0.2, 0.25) is 0 Å². The molecule has 0 saturated heterocycles. The van der Waals surface area contributed by atoms with E-state index in [1.165, 1.54) is 70.6 Å². The average molecular weight is 417 g/mol. The van der Waals surface area contributed by atoms with Gasteiger partial charge in [0.05, 0.1) is 0 Å². The maximum absolute atomic E-state index is 13.0. The minimum atomic E-state index is 0.334. The van der Waals surface area contributed by atoms with Crippen molar-refractivity contribution >= 4 is 5.78 Å². The molecule has 0 radical (unpaired) electrons. The lowest BCUT2D eigenvalue weighted by Gasteiger charge is -2.59. The molecule has 4 saturated carbocycles. The number of fused-ring (bicyclic) bond motifs is 5. The first-order valence-corrected chi connectivity index (χ1v) is 13.5. The van der Waals surface area contributed by atoms with E-state index in [-0.39, 0.29) is 0 Å². The Morgan fingerprint density at radius 3 is 2.13 bits per heavy atom. The molecule has 0 aliphatic heterocycles. The smallest absolute Gasteiger partial charge is 0.136 e. The molecule has 4 aliphatic rings. The molecule has 174 valence electrons. The van der Waals surface area contributed by atoms with Gasteiger partial charge in [0.25, 0.3) is 0 Å². The summed E-state index contributed by atoms with van der Waals surface area (Å²) in [4.78, 5) is 13.0. The Morgan fingerprint density at radius 1 is 0.867 bits per heavy atom. The third-order valence-corrected chi connectivity index (χ3v) is 9.22. The fraction of sp³-hybridized carbons (Fsp3) is 0.897. The molecule has 0 aromatic rings. The van der Waals surface area contributed by atoms with Gasteiger partial charge in [0.1, 0.15) is 5.78 Å². The molecule has 7 unspecified atom stereocenters. The summed E-state index contributed by atoms with van der Waals surface area (Å²) >= 11 is 0. The van der Waals surface area contributed by atoms with Gasteiger partial charge in [-0.3, -0.25) is 4.79 Å². The maximum Gasteiger partial charge on any atom is 0.136 e. The highest BCUT2D eigenvalue weighted by molar-refractivity contribution is 5.83. The molecule has 0 heterocycles. The highest BCUT2D eigenvalue weighted by Gasteiger charge is 2.61. The number of Topliss-reactive ketones (excluding diaryl/α,β-unsaturated/α-hetero) is 1. The van der Waals surface area contributed by atoms with Gasteiger partial charge in [0.2, 0.25) is 0 Å². The summed E-state index contributed by atoms with van der Waals surface area (Å²) in [5.74, 6) is 4.24. The second-order valence-corrected chi connectivity index (χ2v) is 11.4. The molecule has 0 aromatic carbocycles. The Bertz CT molecular complexity index is 561. The van der Waals surface area contributed by atoms with Gasteiger partial charge >= 0.3 is 0 Å². The molecule has 4 rings (SSSR count). The van der Waals surface area contributed by atoms with Gasteiger partial charge in [0.15, 0.2) is 0 Å². The van der Waals surface area contributed by atoms with Crippen molar-refractivity contribution in [3.63, 3.8) is 0 Å². The Labute approximate surface area is 188 Å². The maximum atomic E-state index is 13.0. The Kier molecular flexibility index (Phi) is 9.69. The minimum Gasteiger partial charge on any atom is -0.299 e. The quantitative estimate of drug-likeness (QED) is 0.410. The number of hydrogen-bond donors (Lipinski definition) is 0. The van der Waals surface area contributed by atoms with Crippen LogP contribution in [0.15, 0.2) is 12.2 Å². The van der Waals surface area contributed by atoms with Crippen molar-refractivity contribution in [3.05, 3.63) is 12.2 Å². The van der Waals surface area contributed by atoms with Gasteiger partial charge in [-0.2, -0.15) is 0 Å². The molecule has 4 aliphatic carbocycles.